The average molecular weight is 512 g/mol. The Morgan fingerprint density at radius 1 is 1.00 bits per heavy atom. The maximum atomic E-state index is 11.7. The van der Waals surface area contributed by atoms with Crippen molar-refractivity contribution in [2.24, 2.45) is 0 Å². The van der Waals surface area contributed by atoms with Crippen LogP contribution in [-0.4, -0.2) is 50.7 Å². The molecule has 5 nitrogen and oxygen atoms in total. The van der Waals surface area contributed by atoms with Gasteiger partial charge >= 0.3 is 0 Å². The van der Waals surface area contributed by atoms with Gasteiger partial charge in [-0.2, -0.15) is 0 Å². The quantitative estimate of drug-likeness (QED) is 0.442. The Labute approximate surface area is 158 Å². The lowest BCUT2D eigenvalue weighted by atomic mass is 10.0. The molecular formula is C14H26Br3NO4. The van der Waals surface area contributed by atoms with E-state index in [1.807, 2.05) is 27.7 Å². The van der Waals surface area contributed by atoms with E-state index in [-0.39, 0.29) is 23.7 Å². The van der Waals surface area contributed by atoms with Crippen LogP contribution in [0.2, 0.25) is 0 Å². The monoisotopic (exact) mass is 509 g/mol. The molecule has 0 saturated carbocycles. The third-order valence-corrected chi connectivity index (χ3v) is 4.13. The predicted molar refractivity (Wildman–Crippen MR) is 98.9 cm³/mol. The molecule has 0 rings (SSSR count). The number of hydrogen-bond acceptors (Lipinski definition) is 4. The van der Waals surface area contributed by atoms with E-state index in [1.165, 1.54) is 0 Å². The number of aliphatic hydroxyl groups is 1. The minimum absolute atomic E-state index is 0.0195. The molecule has 132 valence electrons. The van der Waals surface area contributed by atoms with Crippen LogP contribution < -0.4 is 5.32 Å². The predicted octanol–water partition coefficient (Wildman–Crippen LogP) is 3.30. The molecule has 22 heavy (non-hydrogen) atoms. The topological polar surface area (TPSA) is 67.8 Å². The van der Waals surface area contributed by atoms with Crippen LogP contribution in [0, 0.1) is 0 Å². The third-order valence-electron chi connectivity index (χ3n) is 3.05. The van der Waals surface area contributed by atoms with Crippen molar-refractivity contribution in [3.63, 3.8) is 0 Å². The minimum Gasteiger partial charge on any atom is -0.394 e. The Morgan fingerprint density at radius 3 is 2.00 bits per heavy atom. The molecule has 0 unspecified atom stereocenters. The summed E-state index contributed by atoms with van der Waals surface area (Å²) < 4.78 is 10.5. The molecule has 0 bridgehead atoms. The van der Waals surface area contributed by atoms with Crippen molar-refractivity contribution in [3.8, 4) is 0 Å². The van der Waals surface area contributed by atoms with Gasteiger partial charge in [-0.05, 0) is 88.3 Å². The summed E-state index contributed by atoms with van der Waals surface area (Å²) in [5, 5.41) is 11.6. The fraction of sp³-hybridized carbons (Fsp3) is 0.929. The van der Waals surface area contributed by atoms with E-state index in [2.05, 4.69) is 53.1 Å². The molecule has 0 aliphatic carbocycles. The van der Waals surface area contributed by atoms with Crippen molar-refractivity contribution >= 4 is 53.7 Å². The summed E-state index contributed by atoms with van der Waals surface area (Å²) in [6.45, 7) is 9.34. The number of rotatable bonds is 10. The Hall–Kier alpha value is 0.790. The van der Waals surface area contributed by atoms with Gasteiger partial charge in [-0.25, -0.2) is 0 Å². The number of nitrogens with one attached hydrogen (secondary N) is 1. The first-order chi connectivity index (χ1) is 9.90. The number of hydrogen-bond donors (Lipinski definition) is 2. The second-order valence-corrected chi connectivity index (χ2v) is 13.0. The smallest absolute Gasteiger partial charge is 0.258 e. The number of aliphatic hydroxyl groups excluding tert-OH is 1. The molecule has 0 aliphatic rings. The van der Waals surface area contributed by atoms with Gasteiger partial charge in [0.1, 0.15) is 0 Å². The van der Waals surface area contributed by atoms with Crippen molar-refractivity contribution in [1.82, 2.24) is 5.32 Å². The lowest BCUT2D eigenvalue weighted by Crippen LogP contribution is -2.38. The normalized spacial score (nSPS) is 13.3. The van der Waals surface area contributed by atoms with Gasteiger partial charge in [0.2, 0.25) is 2.14 Å². The van der Waals surface area contributed by atoms with Crippen molar-refractivity contribution in [3.05, 3.63) is 0 Å². The van der Waals surface area contributed by atoms with Crippen LogP contribution in [0.15, 0.2) is 0 Å². The standard InChI is InChI=1S/C14H26Br3NO4/c1-12(2,5-7-18-11(20)14(15,16)17)21-9-6-13(3,4)22-10-8-19/h19H,5-10H2,1-4H3,(H,18,20). The highest BCUT2D eigenvalue weighted by Crippen LogP contribution is 2.33. The number of amides is 1. The summed E-state index contributed by atoms with van der Waals surface area (Å²) in [5.41, 5.74) is -0.664. The second kappa shape index (κ2) is 9.93. The fourth-order valence-corrected chi connectivity index (χ4v) is 2.04. The largest absolute Gasteiger partial charge is 0.394 e. The Bertz CT molecular complexity index is 343. The van der Waals surface area contributed by atoms with Gasteiger partial charge in [0.15, 0.2) is 0 Å². The molecule has 0 aromatic rings. The van der Waals surface area contributed by atoms with E-state index in [0.29, 0.717) is 26.2 Å². The van der Waals surface area contributed by atoms with Crippen molar-refractivity contribution in [1.29, 1.82) is 0 Å². The lowest BCUT2D eigenvalue weighted by molar-refractivity contribution is -0.119. The molecule has 0 heterocycles. The van der Waals surface area contributed by atoms with Crippen LogP contribution in [0.3, 0.4) is 0 Å². The average Bonchev–Trinajstić information content (AvgIpc) is 2.34. The summed E-state index contributed by atoms with van der Waals surface area (Å²) in [7, 11) is 0. The van der Waals surface area contributed by atoms with Crippen LogP contribution in [0.25, 0.3) is 0 Å². The molecule has 8 heteroatoms. The fourth-order valence-electron chi connectivity index (χ4n) is 1.62. The van der Waals surface area contributed by atoms with Crippen molar-refractivity contribution in [2.45, 2.75) is 53.9 Å². The van der Waals surface area contributed by atoms with Crippen LogP contribution in [-0.2, 0) is 14.3 Å². The van der Waals surface area contributed by atoms with E-state index in [4.69, 9.17) is 14.6 Å². The van der Waals surface area contributed by atoms with E-state index < -0.39 is 2.14 Å². The van der Waals surface area contributed by atoms with Crippen molar-refractivity contribution < 1.29 is 19.4 Å². The van der Waals surface area contributed by atoms with E-state index in [0.717, 1.165) is 6.42 Å². The molecule has 0 aliphatic heterocycles. The van der Waals surface area contributed by atoms with Gasteiger partial charge in [-0.1, -0.05) is 0 Å². The molecule has 0 spiro atoms. The summed E-state index contributed by atoms with van der Waals surface area (Å²) in [4.78, 5) is 11.7. The van der Waals surface area contributed by atoms with E-state index >= 15 is 0 Å². The van der Waals surface area contributed by atoms with Crippen molar-refractivity contribution in [2.75, 3.05) is 26.4 Å². The lowest BCUT2D eigenvalue weighted by Gasteiger charge is -2.30. The van der Waals surface area contributed by atoms with Gasteiger partial charge in [0.25, 0.3) is 5.91 Å². The highest BCUT2D eigenvalue weighted by molar-refractivity contribution is 9.40. The van der Waals surface area contributed by atoms with Gasteiger partial charge < -0.3 is 19.9 Å². The molecule has 1 amide bonds. The minimum atomic E-state index is -0.925. The van der Waals surface area contributed by atoms with Gasteiger partial charge in [-0.3, -0.25) is 4.79 Å². The van der Waals surface area contributed by atoms with Gasteiger partial charge in [0.05, 0.1) is 31.0 Å². The summed E-state index contributed by atoms with van der Waals surface area (Å²) in [6.07, 6.45) is 1.43. The van der Waals surface area contributed by atoms with Crippen LogP contribution in [0.5, 0.6) is 0 Å². The highest BCUT2D eigenvalue weighted by atomic mass is 80.0. The zero-order valence-corrected chi connectivity index (χ0v) is 18.3. The first-order valence-corrected chi connectivity index (χ1v) is 9.51. The SMILES string of the molecule is CC(C)(CCNC(=O)C(Br)(Br)Br)OCCC(C)(C)OCCO. The van der Waals surface area contributed by atoms with Gasteiger partial charge in [-0.15, -0.1) is 0 Å². The Kier molecular flexibility index (Phi) is 10.3. The summed E-state index contributed by atoms with van der Waals surface area (Å²) in [5.74, 6) is -0.193. The summed E-state index contributed by atoms with van der Waals surface area (Å²) in [6, 6.07) is 0. The highest BCUT2D eigenvalue weighted by Gasteiger charge is 2.29. The number of carbonyl (C=O) groups excluding carboxylic acids is 1. The summed E-state index contributed by atoms with van der Waals surface area (Å²) >= 11 is 9.50. The molecule has 0 fully saturated rings. The first kappa shape index (κ1) is 22.8. The maximum Gasteiger partial charge on any atom is 0.258 e. The van der Waals surface area contributed by atoms with E-state index in [9.17, 15) is 4.79 Å². The third kappa shape index (κ3) is 11.3. The number of ether oxygens (including phenoxy) is 2. The van der Waals surface area contributed by atoms with Crippen LogP contribution in [0.4, 0.5) is 0 Å². The molecule has 0 aromatic heterocycles. The number of alkyl halides is 3. The second-order valence-electron chi connectivity index (χ2n) is 6.19. The molecular weight excluding hydrogens is 486 g/mol. The molecule has 0 aromatic carbocycles. The Balaban J connectivity index is 4.02. The van der Waals surface area contributed by atoms with Gasteiger partial charge in [0, 0.05) is 6.54 Å². The van der Waals surface area contributed by atoms with E-state index in [1.54, 1.807) is 0 Å². The molecule has 0 radical (unpaired) electrons. The number of carbonyl (C=O) groups is 1. The molecule has 0 saturated heterocycles. The molecule has 0 atom stereocenters. The molecule has 2 N–H and O–H groups in total. The number of halogens is 3. The zero-order valence-electron chi connectivity index (χ0n) is 13.5. The zero-order chi connectivity index (χ0) is 17.4. The van der Waals surface area contributed by atoms with Crippen LogP contribution >= 0.6 is 47.8 Å². The van der Waals surface area contributed by atoms with Crippen LogP contribution in [0.1, 0.15) is 40.5 Å². The Morgan fingerprint density at radius 2 is 1.50 bits per heavy atom. The first-order valence-electron chi connectivity index (χ1n) is 7.13. The maximum absolute atomic E-state index is 11.7.